The minimum Gasteiger partial charge on any atom is -0.443 e. The van der Waals surface area contributed by atoms with Crippen LogP contribution in [0.25, 0.3) is 0 Å². The van der Waals surface area contributed by atoms with Gasteiger partial charge in [-0.15, -0.1) is 0 Å². The summed E-state index contributed by atoms with van der Waals surface area (Å²) in [7, 11) is -2.09. The third-order valence-electron chi connectivity index (χ3n) is 7.01. The number of carbonyl (C=O) groups is 2. The van der Waals surface area contributed by atoms with Crippen LogP contribution in [-0.4, -0.2) is 72.0 Å². The lowest BCUT2D eigenvalue weighted by atomic mass is 10.1. The van der Waals surface area contributed by atoms with Gasteiger partial charge in [0.1, 0.15) is 29.5 Å². The molecule has 2 aliphatic rings. The van der Waals surface area contributed by atoms with Gasteiger partial charge in [-0.2, -0.15) is 9.88 Å². The van der Waals surface area contributed by atoms with Crippen LogP contribution in [0, 0.1) is 0 Å². The van der Waals surface area contributed by atoms with Crippen LogP contribution in [0.15, 0.2) is 17.1 Å². The summed E-state index contributed by atoms with van der Waals surface area (Å²) >= 11 is 0. The number of hydrogen-bond donors (Lipinski definition) is 0. The number of carbonyl (C=O) groups excluding carboxylic acids is 2. The summed E-state index contributed by atoms with van der Waals surface area (Å²) in [6.07, 6.45) is -3.10. The van der Waals surface area contributed by atoms with Gasteiger partial charge >= 0.3 is 17.9 Å². The van der Waals surface area contributed by atoms with Crippen LogP contribution >= 0.6 is 0 Å². The fourth-order valence-corrected chi connectivity index (χ4v) is 5.14. The molecule has 1 aromatic rings. The summed E-state index contributed by atoms with van der Waals surface area (Å²) in [5.41, 5.74) is -2.58. The number of fused-ring (bicyclic) bond motifs is 1. The first-order valence-corrected chi connectivity index (χ1v) is 16.8. The zero-order chi connectivity index (χ0) is 31.3. The fourth-order valence-electron chi connectivity index (χ4n) is 4.12. The third kappa shape index (κ3) is 7.95. The van der Waals surface area contributed by atoms with E-state index in [9.17, 15) is 14.4 Å². The second-order valence-electron chi connectivity index (χ2n) is 14.5. The Hall–Kier alpha value is -2.32. The van der Waals surface area contributed by atoms with E-state index in [0.29, 0.717) is 4.90 Å². The Kier molecular flexibility index (Phi) is 8.96. The number of rotatable bonds is 5. The van der Waals surface area contributed by atoms with Crippen LogP contribution in [0.1, 0.15) is 82.4 Å². The summed E-state index contributed by atoms with van der Waals surface area (Å²) in [6.45, 7) is 24.6. The molecular weight excluding hydrogens is 550 g/mol. The first-order valence-electron chi connectivity index (χ1n) is 13.9. The van der Waals surface area contributed by atoms with Crippen LogP contribution in [0.3, 0.4) is 0 Å². The highest BCUT2D eigenvalue weighted by molar-refractivity contribution is 6.74. The Morgan fingerprint density at radius 3 is 1.95 bits per heavy atom. The van der Waals surface area contributed by atoms with Crippen molar-refractivity contribution < 1.29 is 37.7 Å². The van der Waals surface area contributed by atoms with Crippen molar-refractivity contribution in [2.75, 3.05) is 11.5 Å². The van der Waals surface area contributed by atoms with E-state index in [0.717, 1.165) is 0 Å². The van der Waals surface area contributed by atoms with Crippen molar-refractivity contribution in [2.45, 2.75) is 136 Å². The van der Waals surface area contributed by atoms with Crippen LogP contribution < -0.4 is 10.6 Å². The average Bonchev–Trinajstić information content (AvgIpc) is 3.22. The molecule has 4 atom stereocenters. The van der Waals surface area contributed by atoms with Crippen LogP contribution in [0.4, 0.5) is 15.4 Å². The minimum absolute atomic E-state index is 0.00154. The summed E-state index contributed by atoms with van der Waals surface area (Å²) < 4.78 is 37.1. The molecule has 1 aromatic heterocycles. The van der Waals surface area contributed by atoms with E-state index in [2.05, 4.69) is 38.8 Å². The van der Waals surface area contributed by atoms with Gasteiger partial charge in [0.05, 0.1) is 6.61 Å². The van der Waals surface area contributed by atoms with E-state index < -0.39 is 67.7 Å². The van der Waals surface area contributed by atoms with E-state index in [1.807, 2.05) is 0 Å². The molecule has 2 saturated heterocycles. The highest BCUT2D eigenvalue weighted by Gasteiger charge is 2.56. The van der Waals surface area contributed by atoms with Crippen molar-refractivity contribution in [3.8, 4) is 0 Å². The Morgan fingerprint density at radius 1 is 0.976 bits per heavy atom. The molecule has 0 N–H and O–H groups in total. The number of hydrogen-bond acceptors (Lipinski definition) is 10. The van der Waals surface area contributed by atoms with Gasteiger partial charge in [-0.1, -0.05) is 20.8 Å². The molecule has 2 amide bonds. The summed E-state index contributed by atoms with van der Waals surface area (Å²) in [6, 6.07) is 1.36. The Balaban J connectivity index is 1.93. The largest absolute Gasteiger partial charge is 0.443 e. The van der Waals surface area contributed by atoms with Crippen molar-refractivity contribution in [3.63, 3.8) is 0 Å². The van der Waals surface area contributed by atoms with Crippen LogP contribution in [0.2, 0.25) is 18.1 Å². The van der Waals surface area contributed by atoms with E-state index >= 15 is 0 Å². The second-order valence-corrected chi connectivity index (χ2v) is 19.3. The molecule has 2 aliphatic heterocycles. The molecule has 3 heterocycles. The number of anilines is 1. The summed E-state index contributed by atoms with van der Waals surface area (Å²) in [5.74, 6) is -1.14. The molecule has 13 heteroatoms. The van der Waals surface area contributed by atoms with Crippen molar-refractivity contribution in [3.05, 3.63) is 22.7 Å². The van der Waals surface area contributed by atoms with Gasteiger partial charge in [0, 0.05) is 6.20 Å². The lowest BCUT2D eigenvalue weighted by Crippen LogP contribution is -2.45. The van der Waals surface area contributed by atoms with Gasteiger partial charge in [-0.25, -0.2) is 14.4 Å². The monoisotopic (exact) mass is 597 g/mol. The van der Waals surface area contributed by atoms with Crippen molar-refractivity contribution in [1.29, 1.82) is 0 Å². The number of nitrogens with zero attached hydrogens (tertiary/aromatic N) is 3. The number of aromatic nitrogens is 2. The highest BCUT2D eigenvalue weighted by atomic mass is 28.4. The van der Waals surface area contributed by atoms with Crippen LogP contribution in [0.5, 0.6) is 0 Å². The average molecular weight is 598 g/mol. The van der Waals surface area contributed by atoms with E-state index in [4.69, 9.17) is 28.1 Å². The lowest BCUT2D eigenvalue weighted by Gasteiger charge is -2.37. The van der Waals surface area contributed by atoms with Gasteiger partial charge in [0.25, 0.3) is 0 Å². The first-order chi connectivity index (χ1) is 18.4. The third-order valence-corrected chi connectivity index (χ3v) is 11.5. The van der Waals surface area contributed by atoms with Gasteiger partial charge < -0.3 is 28.1 Å². The number of amides is 2. The molecular formula is C28H47N3O9Si. The number of ether oxygens (including phenoxy) is 5. The number of imide groups is 1. The Morgan fingerprint density at radius 2 is 1.49 bits per heavy atom. The quantitative estimate of drug-likeness (QED) is 0.409. The Labute approximate surface area is 243 Å². The lowest BCUT2D eigenvalue weighted by molar-refractivity contribution is -0.200. The summed E-state index contributed by atoms with van der Waals surface area (Å²) in [5, 5.41) is 0.00154. The predicted molar refractivity (Wildman–Crippen MR) is 154 cm³/mol. The maximum Gasteiger partial charge on any atom is 0.425 e. The molecule has 0 radical (unpaired) electrons. The molecule has 2 fully saturated rings. The van der Waals surface area contributed by atoms with Gasteiger partial charge in [-0.05, 0) is 79.6 Å². The van der Waals surface area contributed by atoms with Gasteiger partial charge in [-0.3, -0.25) is 4.57 Å². The molecule has 0 unspecified atom stereocenters. The molecule has 232 valence electrons. The normalized spacial score (nSPS) is 24.6. The van der Waals surface area contributed by atoms with E-state index in [-0.39, 0.29) is 17.5 Å². The predicted octanol–water partition coefficient (Wildman–Crippen LogP) is 5.36. The van der Waals surface area contributed by atoms with E-state index in [1.165, 1.54) is 16.8 Å². The molecule has 0 spiro atoms. The fraction of sp³-hybridized carbons (Fsp3) is 0.786. The molecule has 0 saturated carbocycles. The standard InChI is InChI=1S/C28H47N3O9Si/c1-25(2,3)39-23(33)31(24(34)40-26(4,5)6)18-14-15-30(22(32)29-18)21-20-19(37-28(10,11)38-20)17(36-21)16-35-41(12,13)27(7,8)9/h14-15,17,19-21H,16H2,1-13H3/t17-,19-,20-,21-/m1/s1. The maximum atomic E-state index is 13.4. The van der Waals surface area contributed by atoms with Gasteiger partial charge in [0.15, 0.2) is 26.2 Å². The smallest absolute Gasteiger partial charge is 0.425 e. The Bertz CT molecular complexity index is 1170. The van der Waals surface area contributed by atoms with Crippen LogP contribution in [-0.2, 0) is 28.1 Å². The molecule has 0 bridgehead atoms. The zero-order valence-electron chi connectivity index (χ0n) is 26.7. The zero-order valence-corrected chi connectivity index (χ0v) is 27.7. The SMILES string of the molecule is CC(C)(C)OC(=O)N(C(=O)OC(C)(C)C)c1ccn([C@@H]2O[C@H](CO[Si](C)(C)C(C)(C)C)[C@H]3OC(C)(C)O[C@H]32)c(=O)n1. The topological polar surface area (TPSA) is 128 Å². The van der Waals surface area contributed by atoms with Gasteiger partial charge in [0.2, 0.25) is 0 Å². The van der Waals surface area contributed by atoms with Crippen molar-refractivity contribution in [2.24, 2.45) is 0 Å². The minimum atomic E-state index is -2.09. The molecule has 0 aliphatic carbocycles. The van der Waals surface area contributed by atoms with Crippen molar-refractivity contribution in [1.82, 2.24) is 9.55 Å². The van der Waals surface area contributed by atoms with Crippen molar-refractivity contribution >= 4 is 26.3 Å². The molecule has 0 aromatic carbocycles. The molecule has 12 nitrogen and oxygen atoms in total. The second kappa shape index (κ2) is 11.1. The highest BCUT2D eigenvalue weighted by Crippen LogP contribution is 2.44. The summed E-state index contributed by atoms with van der Waals surface area (Å²) in [4.78, 5) is 44.0. The maximum absolute atomic E-state index is 13.4. The molecule has 41 heavy (non-hydrogen) atoms. The molecule has 3 rings (SSSR count). The van der Waals surface area contributed by atoms with E-state index in [1.54, 1.807) is 55.4 Å². The first kappa shape index (κ1) is 33.2.